The molecule has 90 valence electrons. The van der Waals surface area contributed by atoms with Gasteiger partial charge in [-0.2, -0.15) is 0 Å². The monoisotopic (exact) mass is 240 g/mol. The second kappa shape index (κ2) is 5.25. The van der Waals surface area contributed by atoms with Crippen molar-refractivity contribution in [1.29, 1.82) is 0 Å². The zero-order chi connectivity index (χ0) is 11.5. The first-order chi connectivity index (χ1) is 7.74. The smallest absolute Gasteiger partial charge is 0.110 e. The van der Waals surface area contributed by atoms with Gasteiger partial charge >= 0.3 is 0 Å². The Balaban J connectivity index is 2.00. The fourth-order valence-electron chi connectivity index (χ4n) is 2.12. The summed E-state index contributed by atoms with van der Waals surface area (Å²) in [5.74, 6) is 0. The predicted octanol–water partition coefficient (Wildman–Crippen LogP) is 2.05. The summed E-state index contributed by atoms with van der Waals surface area (Å²) < 4.78 is 0. The standard InChI is InChI=1S/C12H20N2OS/c1-3-9(7-15)13-8(2)12-14-10-5-4-6-11(10)16-12/h8-9,13,15H,3-7H2,1-2H3. The predicted molar refractivity (Wildman–Crippen MR) is 66.9 cm³/mol. The molecular formula is C12H20N2OS. The SMILES string of the molecule is CCC(CO)NC(C)c1nc2c(s1)CCC2. The first kappa shape index (κ1) is 12.0. The van der Waals surface area contributed by atoms with Crippen molar-refractivity contribution in [3.05, 3.63) is 15.6 Å². The molecule has 1 aliphatic rings. The van der Waals surface area contributed by atoms with Gasteiger partial charge in [0.2, 0.25) is 0 Å². The number of aryl methyl sites for hydroxylation is 2. The summed E-state index contributed by atoms with van der Waals surface area (Å²) in [5.41, 5.74) is 1.31. The van der Waals surface area contributed by atoms with Gasteiger partial charge in [-0.15, -0.1) is 11.3 Å². The minimum absolute atomic E-state index is 0.189. The average molecular weight is 240 g/mol. The van der Waals surface area contributed by atoms with Gasteiger partial charge in [0.05, 0.1) is 18.3 Å². The Labute approximate surface area is 101 Å². The largest absolute Gasteiger partial charge is 0.395 e. The molecule has 2 rings (SSSR count). The van der Waals surface area contributed by atoms with Crippen LogP contribution < -0.4 is 5.32 Å². The minimum atomic E-state index is 0.189. The maximum absolute atomic E-state index is 9.16. The van der Waals surface area contributed by atoms with Gasteiger partial charge in [0, 0.05) is 10.9 Å². The Morgan fingerprint density at radius 1 is 1.50 bits per heavy atom. The molecule has 0 spiro atoms. The molecule has 0 aromatic carbocycles. The Hall–Kier alpha value is -0.450. The molecule has 0 fully saturated rings. The molecule has 1 aromatic rings. The quantitative estimate of drug-likeness (QED) is 0.828. The van der Waals surface area contributed by atoms with Crippen LogP contribution in [0.2, 0.25) is 0 Å². The number of aliphatic hydroxyl groups is 1. The fourth-order valence-corrected chi connectivity index (χ4v) is 3.29. The highest BCUT2D eigenvalue weighted by Crippen LogP contribution is 2.30. The Morgan fingerprint density at radius 3 is 2.94 bits per heavy atom. The Bertz CT molecular complexity index is 325. The highest BCUT2D eigenvalue weighted by atomic mass is 32.1. The molecule has 0 radical (unpaired) electrons. The van der Waals surface area contributed by atoms with Gasteiger partial charge in [-0.05, 0) is 32.6 Å². The first-order valence-electron chi connectivity index (χ1n) is 6.10. The molecule has 1 heterocycles. The average Bonchev–Trinajstić information content (AvgIpc) is 2.85. The van der Waals surface area contributed by atoms with Crippen molar-refractivity contribution in [2.45, 2.75) is 51.6 Å². The summed E-state index contributed by atoms with van der Waals surface area (Å²) in [7, 11) is 0. The maximum Gasteiger partial charge on any atom is 0.110 e. The highest BCUT2D eigenvalue weighted by molar-refractivity contribution is 7.11. The van der Waals surface area contributed by atoms with E-state index in [0.717, 1.165) is 12.8 Å². The normalized spacial score (nSPS) is 18.4. The van der Waals surface area contributed by atoms with E-state index in [0.29, 0.717) is 0 Å². The lowest BCUT2D eigenvalue weighted by Gasteiger charge is -2.18. The van der Waals surface area contributed by atoms with E-state index in [9.17, 15) is 0 Å². The van der Waals surface area contributed by atoms with Crippen molar-refractivity contribution in [2.24, 2.45) is 0 Å². The van der Waals surface area contributed by atoms with Crippen molar-refractivity contribution in [3.63, 3.8) is 0 Å². The van der Waals surface area contributed by atoms with Crippen molar-refractivity contribution < 1.29 is 5.11 Å². The number of nitrogens with zero attached hydrogens (tertiary/aromatic N) is 1. The van der Waals surface area contributed by atoms with E-state index in [1.807, 2.05) is 11.3 Å². The Kier molecular flexibility index (Phi) is 3.95. The van der Waals surface area contributed by atoms with E-state index in [1.54, 1.807) is 0 Å². The molecule has 16 heavy (non-hydrogen) atoms. The van der Waals surface area contributed by atoms with Gasteiger partial charge in [0.15, 0.2) is 0 Å². The first-order valence-corrected chi connectivity index (χ1v) is 6.91. The lowest BCUT2D eigenvalue weighted by molar-refractivity contribution is 0.230. The summed E-state index contributed by atoms with van der Waals surface area (Å²) in [4.78, 5) is 6.16. The van der Waals surface area contributed by atoms with Crippen LogP contribution in [0.25, 0.3) is 0 Å². The molecule has 0 saturated carbocycles. The van der Waals surface area contributed by atoms with Crippen molar-refractivity contribution in [3.8, 4) is 0 Å². The fraction of sp³-hybridized carbons (Fsp3) is 0.750. The highest BCUT2D eigenvalue weighted by Gasteiger charge is 2.20. The molecule has 0 aliphatic heterocycles. The summed E-state index contributed by atoms with van der Waals surface area (Å²) in [6.45, 7) is 4.42. The molecule has 2 unspecified atom stereocenters. The van der Waals surface area contributed by atoms with Crippen LogP contribution in [0.1, 0.15) is 48.3 Å². The number of fused-ring (bicyclic) bond motifs is 1. The lowest BCUT2D eigenvalue weighted by Crippen LogP contribution is -2.33. The van der Waals surface area contributed by atoms with Gasteiger partial charge in [0.1, 0.15) is 5.01 Å². The van der Waals surface area contributed by atoms with Crippen LogP contribution in [0, 0.1) is 0 Å². The number of hydrogen-bond acceptors (Lipinski definition) is 4. The maximum atomic E-state index is 9.16. The molecule has 0 saturated heterocycles. The molecule has 1 aromatic heterocycles. The van der Waals surface area contributed by atoms with E-state index in [2.05, 4.69) is 24.1 Å². The van der Waals surface area contributed by atoms with Crippen LogP contribution in [0.3, 0.4) is 0 Å². The van der Waals surface area contributed by atoms with Gasteiger partial charge in [-0.3, -0.25) is 0 Å². The topological polar surface area (TPSA) is 45.1 Å². The third-order valence-electron chi connectivity index (χ3n) is 3.18. The van der Waals surface area contributed by atoms with Gasteiger partial charge < -0.3 is 10.4 Å². The molecule has 3 nitrogen and oxygen atoms in total. The van der Waals surface area contributed by atoms with Crippen LogP contribution >= 0.6 is 11.3 Å². The van der Waals surface area contributed by atoms with Gasteiger partial charge in [0.25, 0.3) is 0 Å². The van der Waals surface area contributed by atoms with E-state index in [-0.39, 0.29) is 18.7 Å². The lowest BCUT2D eigenvalue weighted by atomic mass is 10.2. The summed E-state index contributed by atoms with van der Waals surface area (Å²) in [6.07, 6.45) is 4.57. The van der Waals surface area contributed by atoms with Gasteiger partial charge in [-0.1, -0.05) is 6.92 Å². The zero-order valence-electron chi connectivity index (χ0n) is 9.99. The second-order valence-electron chi connectivity index (χ2n) is 4.45. The van der Waals surface area contributed by atoms with Crippen molar-refractivity contribution in [1.82, 2.24) is 10.3 Å². The van der Waals surface area contributed by atoms with Crippen LogP contribution in [0.15, 0.2) is 0 Å². The Morgan fingerprint density at radius 2 is 2.31 bits per heavy atom. The van der Waals surface area contributed by atoms with Crippen LogP contribution in [0.4, 0.5) is 0 Å². The van der Waals surface area contributed by atoms with E-state index in [4.69, 9.17) is 5.11 Å². The molecule has 0 bridgehead atoms. The molecule has 4 heteroatoms. The minimum Gasteiger partial charge on any atom is -0.395 e. The van der Waals surface area contributed by atoms with Crippen LogP contribution in [-0.2, 0) is 12.8 Å². The number of thiazole rings is 1. The number of hydrogen-bond donors (Lipinski definition) is 2. The third-order valence-corrected chi connectivity index (χ3v) is 4.52. The van der Waals surface area contributed by atoms with Crippen LogP contribution in [0.5, 0.6) is 0 Å². The summed E-state index contributed by atoms with van der Waals surface area (Å²) in [6, 6.07) is 0.446. The summed E-state index contributed by atoms with van der Waals surface area (Å²) >= 11 is 1.84. The zero-order valence-corrected chi connectivity index (χ0v) is 10.8. The molecule has 0 amide bonds. The van der Waals surface area contributed by atoms with Crippen molar-refractivity contribution in [2.75, 3.05) is 6.61 Å². The number of nitrogens with one attached hydrogen (secondary N) is 1. The van der Waals surface area contributed by atoms with E-state index < -0.39 is 0 Å². The molecular weight excluding hydrogens is 220 g/mol. The number of rotatable bonds is 5. The van der Waals surface area contributed by atoms with Crippen LogP contribution in [-0.4, -0.2) is 22.7 Å². The van der Waals surface area contributed by atoms with E-state index in [1.165, 1.54) is 28.4 Å². The number of aromatic nitrogens is 1. The van der Waals surface area contributed by atoms with Crippen molar-refractivity contribution >= 4 is 11.3 Å². The molecule has 1 aliphatic carbocycles. The van der Waals surface area contributed by atoms with Gasteiger partial charge in [-0.25, -0.2) is 4.98 Å². The number of aliphatic hydroxyl groups excluding tert-OH is 1. The molecule has 2 atom stereocenters. The second-order valence-corrected chi connectivity index (χ2v) is 5.57. The van der Waals surface area contributed by atoms with E-state index >= 15 is 0 Å². The molecule has 2 N–H and O–H groups in total. The summed E-state index contributed by atoms with van der Waals surface area (Å²) in [5, 5.41) is 13.8. The third kappa shape index (κ3) is 2.44.